The Bertz CT molecular complexity index is 1040. The topological polar surface area (TPSA) is 83.3 Å². The molecule has 3 rings (SSSR count). The number of nitrogens with zero attached hydrogens (tertiary/aromatic N) is 3. The van der Waals surface area contributed by atoms with E-state index in [9.17, 15) is 9.90 Å². The van der Waals surface area contributed by atoms with Crippen molar-refractivity contribution in [2.45, 2.75) is 6.42 Å². The number of H-pyrrole nitrogens is 1. The van der Waals surface area contributed by atoms with Crippen molar-refractivity contribution in [2.24, 2.45) is 5.10 Å². The molecule has 0 bridgehead atoms. The highest BCUT2D eigenvalue weighted by Crippen LogP contribution is 2.13. The monoisotopic (exact) mass is 372 g/mol. The molecule has 6 nitrogen and oxygen atoms in total. The summed E-state index contributed by atoms with van der Waals surface area (Å²) in [7, 11) is 0. The van der Waals surface area contributed by atoms with Gasteiger partial charge in [0.25, 0.3) is 5.56 Å². The molecule has 0 saturated heterocycles. The molecule has 1 aromatic heterocycles. The number of hydrogen-bond acceptors (Lipinski definition) is 5. The molecule has 0 fully saturated rings. The number of aromatic nitrogens is 3. The van der Waals surface area contributed by atoms with Crippen LogP contribution in [0.1, 0.15) is 16.8 Å². The molecular weight excluding hydrogens is 360 g/mol. The zero-order chi connectivity index (χ0) is 17.8. The normalized spacial score (nSPS) is 11.1. The summed E-state index contributed by atoms with van der Waals surface area (Å²) in [5.74, 6) is 0.0599. The van der Waals surface area contributed by atoms with E-state index < -0.39 is 5.56 Å². The van der Waals surface area contributed by atoms with Gasteiger partial charge in [0.05, 0.1) is 6.21 Å². The molecule has 2 aromatic carbocycles. The lowest BCUT2D eigenvalue weighted by Crippen LogP contribution is -2.25. The fraction of sp³-hybridized carbons (Fsp3) is 0.0588. The van der Waals surface area contributed by atoms with E-state index in [0.29, 0.717) is 17.0 Å². The van der Waals surface area contributed by atoms with Crippen LogP contribution in [0.5, 0.6) is 5.75 Å². The Kier molecular flexibility index (Phi) is 5.06. The van der Waals surface area contributed by atoms with E-state index in [1.807, 2.05) is 12.1 Å². The average molecular weight is 373 g/mol. The van der Waals surface area contributed by atoms with Crippen LogP contribution >= 0.6 is 23.8 Å². The number of phenols is 1. The molecule has 3 aromatic rings. The fourth-order valence-electron chi connectivity index (χ4n) is 2.16. The first-order valence-electron chi connectivity index (χ1n) is 7.32. The Morgan fingerprint density at radius 3 is 2.68 bits per heavy atom. The number of rotatable bonds is 4. The summed E-state index contributed by atoms with van der Waals surface area (Å²) in [5.41, 5.74) is 1.20. The molecule has 126 valence electrons. The predicted molar refractivity (Wildman–Crippen MR) is 99.0 cm³/mol. The number of aromatic hydroxyl groups is 1. The van der Waals surface area contributed by atoms with Crippen LogP contribution in [0.2, 0.25) is 5.02 Å². The Labute approximate surface area is 153 Å². The first-order valence-corrected chi connectivity index (χ1v) is 8.10. The van der Waals surface area contributed by atoms with E-state index in [4.69, 9.17) is 23.8 Å². The third-order valence-electron chi connectivity index (χ3n) is 3.45. The number of aromatic amines is 1. The zero-order valence-corrected chi connectivity index (χ0v) is 14.5. The van der Waals surface area contributed by atoms with Crippen LogP contribution in [0.4, 0.5) is 0 Å². The molecule has 25 heavy (non-hydrogen) atoms. The Morgan fingerprint density at radius 1 is 1.24 bits per heavy atom. The van der Waals surface area contributed by atoms with Crippen LogP contribution in [0.15, 0.2) is 58.4 Å². The second kappa shape index (κ2) is 7.42. The van der Waals surface area contributed by atoms with Gasteiger partial charge in [0.2, 0.25) is 4.77 Å². The Balaban J connectivity index is 1.95. The Morgan fingerprint density at radius 2 is 1.96 bits per heavy atom. The predicted octanol–water partition coefficient (Wildman–Crippen LogP) is 3.13. The summed E-state index contributed by atoms with van der Waals surface area (Å²) in [6, 6.07) is 13.8. The van der Waals surface area contributed by atoms with E-state index in [1.165, 1.54) is 12.3 Å². The van der Waals surface area contributed by atoms with E-state index in [2.05, 4.69) is 15.3 Å². The molecule has 8 heteroatoms. The summed E-state index contributed by atoms with van der Waals surface area (Å²) in [6.07, 6.45) is 1.68. The standard InChI is InChI=1S/C17H13ClN4O2S/c18-13-7-5-11(6-8-13)9-14-16(24)22(17(25)21-20-14)19-10-12-3-1-2-4-15(12)23/h1-8,10,23H,9H2,(H,21,25)/b19-10+. The first kappa shape index (κ1) is 17.1. The van der Waals surface area contributed by atoms with Gasteiger partial charge in [0, 0.05) is 17.0 Å². The SMILES string of the molecule is O=c1c(Cc2ccc(Cl)cc2)n[nH]c(=S)n1/N=C/c1ccccc1O. The zero-order valence-electron chi connectivity index (χ0n) is 12.9. The molecule has 0 spiro atoms. The summed E-state index contributed by atoms with van der Waals surface area (Å²) in [4.78, 5) is 12.6. The van der Waals surface area contributed by atoms with Crippen molar-refractivity contribution in [1.82, 2.24) is 14.9 Å². The van der Waals surface area contributed by atoms with Crippen molar-refractivity contribution in [2.75, 3.05) is 0 Å². The lowest BCUT2D eigenvalue weighted by Gasteiger charge is -2.04. The van der Waals surface area contributed by atoms with Crippen molar-refractivity contribution in [3.05, 3.63) is 85.5 Å². The molecule has 0 amide bonds. The summed E-state index contributed by atoms with van der Waals surface area (Å²) >= 11 is 10.9. The van der Waals surface area contributed by atoms with Gasteiger partial charge >= 0.3 is 0 Å². The minimum absolute atomic E-state index is 0.0599. The van der Waals surface area contributed by atoms with Gasteiger partial charge in [0.15, 0.2) is 0 Å². The first-order chi connectivity index (χ1) is 12.0. The summed E-state index contributed by atoms with van der Waals surface area (Å²) < 4.78 is 1.11. The van der Waals surface area contributed by atoms with Gasteiger partial charge < -0.3 is 5.11 Å². The summed E-state index contributed by atoms with van der Waals surface area (Å²) in [6.45, 7) is 0. The smallest absolute Gasteiger partial charge is 0.297 e. The fourth-order valence-corrected chi connectivity index (χ4v) is 2.46. The van der Waals surface area contributed by atoms with Crippen LogP contribution in [-0.2, 0) is 6.42 Å². The van der Waals surface area contributed by atoms with E-state index >= 15 is 0 Å². The quantitative estimate of drug-likeness (QED) is 0.544. The van der Waals surface area contributed by atoms with Gasteiger partial charge in [-0.25, -0.2) is 0 Å². The van der Waals surface area contributed by atoms with Crippen LogP contribution < -0.4 is 5.56 Å². The van der Waals surface area contributed by atoms with E-state index in [-0.39, 0.29) is 16.2 Å². The number of phenolic OH excluding ortho intramolecular Hbond substituents is 1. The Hall–Kier alpha value is -2.77. The molecule has 0 unspecified atom stereocenters. The minimum Gasteiger partial charge on any atom is -0.507 e. The highest BCUT2D eigenvalue weighted by atomic mass is 35.5. The number of nitrogens with one attached hydrogen (secondary N) is 1. The van der Waals surface area contributed by atoms with Crippen molar-refractivity contribution >= 4 is 30.0 Å². The highest BCUT2D eigenvalue weighted by molar-refractivity contribution is 7.71. The van der Waals surface area contributed by atoms with Gasteiger partial charge in [-0.1, -0.05) is 35.9 Å². The number of hydrogen-bond donors (Lipinski definition) is 2. The molecular formula is C17H13ClN4O2S. The van der Waals surface area contributed by atoms with Gasteiger partial charge in [-0.3, -0.25) is 9.89 Å². The van der Waals surface area contributed by atoms with Crippen LogP contribution in [0.3, 0.4) is 0 Å². The summed E-state index contributed by atoms with van der Waals surface area (Å²) in [5, 5.41) is 21.1. The number of para-hydroxylation sites is 1. The van der Waals surface area contributed by atoms with Crippen LogP contribution in [-0.4, -0.2) is 26.2 Å². The minimum atomic E-state index is -0.426. The molecule has 0 aliphatic heterocycles. The molecule has 2 N–H and O–H groups in total. The molecule has 0 radical (unpaired) electrons. The largest absolute Gasteiger partial charge is 0.507 e. The van der Waals surface area contributed by atoms with Crippen LogP contribution in [0.25, 0.3) is 0 Å². The van der Waals surface area contributed by atoms with Gasteiger partial charge in [-0.15, -0.1) is 0 Å². The second-order valence-corrected chi connectivity index (χ2v) is 6.02. The van der Waals surface area contributed by atoms with E-state index in [0.717, 1.165) is 10.2 Å². The second-order valence-electron chi connectivity index (χ2n) is 5.20. The lowest BCUT2D eigenvalue weighted by atomic mass is 10.1. The highest BCUT2D eigenvalue weighted by Gasteiger charge is 2.08. The molecule has 0 aliphatic rings. The molecule has 0 saturated carbocycles. The van der Waals surface area contributed by atoms with Crippen molar-refractivity contribution in [1.29, 1.82) is 0 Å². The van der Waals surface area contributed by atoms with Crippen LogP contribution in [0, 0.1) is 4.77 Å². The number of benzene rings is 2. The van der Waals surface area contributed by atoms with Gasteiger partial charge in [-0.2, -0.15) is 14.9 Å². The third kappa shape index (κ3) is 4.01. The number of halogens is 1. The van der Waals surface area contributed by atoms with Crippen molar-refractivity contribution in [3.63, 3.8) is 0 Å². The maximum atomic E-state index is 12.6. The lowest BCUT2D eigenvalue weighted by molar-refractivity contribution is 0.474. The van der Waals surface area contributed by atoms with Gasteiger partial charge in [-0.05, 0) is 42.0 Å². The maximum absolute atomic E-state index is 12.6. The third-order valence-corrected chi connectivity index (χ3v) is 3.97. The average Bonchev–Trinajstić information content (AvgIpc) is 2.60. The maximum Gasteiger partial charge on any atom is 0.297 e. The van der Waals surface area contributed by atoms with Crippen molar-refractivity contribution < 1.29 is 5.11 Å². The molecule has 1 heterocycles. The molecule has 0 aliphatic carbocycles. The van der Waals surface area contributed by atoms with E-state index in [1.54, 1.807) is 30.3 Å². The van der Waals surface area contributed by atoms with Crippen molar-refractivity contribution in [3.8, 4) is 5.75 Å². The molecule has 0 atom stereocenters. The van der Waals surface area contributed by atoms with Gasteiger partial charge in [0.1, 0.15) is 11.4 Å².